The Balaban J connectivity index is 2.14. The quantitative estimate of drug-likeness (QED) is 0.447. The van der Waals surface area contributed by atoms with Crippen LogP contribution >= 0.6 is 15.9 Å². The van der Waals surface area contributed by atoms with E-state index in [1.165, 1.54) is 0 Å². The van der Waals surface area contributed by atoms with Crippen LogP contribution in [0.25, 0.3) is 0 Å². The van der Waals surface area contributed by atoms with Crippen LogP contribution in [-0.2, 0) is 0 Å². The van der Waals surface area contributed by atoms with E-state index in [2.05, 4.69) is 34.7 Å². The lowest BCUT2D eigenvalue weighted by molar-refractivity contribution is 0.102. The highest BCUT2D eigenvalue weighted by molar-refractivity contribution is 9.10. The molecular formula is C20H22BrNO3. The van der Waals surface area contributed by atoms with E-state index in [0.717, 1.165) is 17.3 Å². The zero-order valence-corrected chi connectivity index (χ0v) is 15.8. The normalized spacial score (nSPS) is 10.2. The second-order valence-corrected chi connectivity index (χ2v) is 6.34. The number of hydrogen-bond donors (Lipinski definition) is 1. The van der Waals surface area contributed by atoms with Gasteiger partial charge in [-0.1, -0.05) is 48.0 Å². The van der Waals surface area contributed by atoms with E-state index in [4.69, 9.17) is 9.47 Å². The number of unbranched alkanes of at least 4 members (excludes halogenated alkanes) is 1. The van der Waals surface area contributed by atoms with Gasteiger partial charge in [0.05, 0.1) is 12.2 Å². The van der Waals surface area contributed by atoms with Crippen molar-refractivity contribution in [3.8, 4) is 11.5 Å². The van der Waals surface area contributed by atoms with Crippen molar-refractivity contribution >= 4 is 27.5 Å². The number of amides is 1. The maximum absolute atomic E-state index is 12.7. The van der Waals surface area contributed by atoms with Gasteiger partial charge in [0, 0.05) is 16.2 Å². The minimum Gasteiger partial charge on any atom is -0.493 e. The molecule has 0 heterocycles. The third-order valence-electron chi connectivity index (χ3n) is 3.40. The van der Waals surface area contributed by atoms with Crippen LogP contribution in [0.1, 0.15) is 30.1 Å². The number of halogens is 1. The highest BCUT2D eigenvalue weighted by Gasteiger charge is 2.14. The van der Waals surface area contributed by atoms with Gasteiger partial charge in [-0.2, -0.15) is 0 Å². The molecule has 0 unspecified atom stereocenters. The van der Waals surface area contributed by atoms with Crippen LogP contribution in [0, 0.1) is 0 Å². The van der Waals surface area contributed by atoms with Crippen LogP contribution in [0.2, 0.25) is 0 Å². The summed E-state index contributed by atoms with van der Waals surface area (Å²) < 4.78 is 12.1. The molecule has 0 aromatic heterocycles. The van der Waals surface area contributed by atoms with Crippen LogP contribution in [0.3, 0.4) is 0 Å². The molecule has 0 atom stereocenters. The van der Waals surface area contributed by atoms with E-state index in [-0.39, 0.29) is 5.91 Å². The predicted octanol–water partition coefficient (Wildman–Crippen LogP) is 5.45. The number of carbonyl (C=O) groups is 1. The molecule has 2 aromatic carbocycles. The summed E-state index contributed by atoms with van der Waals surface area (Å²) in [7, 11) is 0. The molecule has 2 aromatic rings. The van der Waals surface area contributed by atoms with Gasteiger partial charge in [0.15, 0.2) is 0 Å². The summed E-state index contributed by atoms with van der Waals surface area (Å²) in [5.74, 6) is 1.02. The Labute approximate surface area is 157 Å². The smallest absolute Gasteiger partial charge is 0.259 e. The summed E-state index contributed by atoms with van der Waals surface area (Å²) in [5, 5.41) is 2.89. The summed E-state index contributed by atoms with van der Waals surface area (Å²) in [5.41, 5.74) is 1.15. The first kappa shape index (κ1) is 19.1. The monoisotopic (exact) mass is 403 g/mol. The number of anilines is 1. The SMILES string of the molecule is C=CCOc1cccc(NC(=O)c2cc(Br)ccc2OCCCC)c1. The van der Waals surface area contributed by atoms with Crippen molar-refractivity contribution < 1.29 is 14.3 Å². The molecule has 0 radical (unpaired) electrons. The Morgan fingerprint density at radius 2 is 2.08 bits per heavy atom. The van der Waals surface area contributed by atoms with E-state index in [9.17, 15) is 4.79 Å². The highest BCUT2D eigenvalue weighted by atomic mass is 79.9. The van der Waals surface area contributed by atoms with Crippen LogP contribution < -0.4 is 14.8 Å². The van der Waals surface area contributed by atoms with E-state index in [1.54, 1.807) is 24.3 Å². The fourth-order valence-corrected chi connectivity index (χ4v) is 2.51. The first-order valence-corrected chi connectivity index (χ1v) is 9.00. The predicted molar refractivity (Wildman–Crippen MR) is 105 cm³/mol. The number of nitrogens with one attached hydrogen (secondary N) is 1. The van der Waals surface area contributed by atoms with Gasteiger partial charge in [0.1, 0.15) is 18.1 Å². The summed E-state index contributed by atoms with van der Waals surface area (Å²) in [6.45, 7) is 6.72. The minimum atomic E-state index is -0.228. The molecule has 0 saturated heterocycles. The molecule has 0 spiro atoms. The van der Waals surface area contributed by atoms with Gasteiger partial charge in [-0.3, -0.25) is 4.79 Å². The van der Waals surface area contributed by atoms with Gasteiger partial charge in [-0.05, 0) is 36.8 Å². The van der Waals surface area contributed by atoms with Gasteiger partial charge < -0.3 is 14.8 Å². The molecule has 0 fully saturated rings. The topological polar surface area (TPSA) is 47.6 Å². The number of carbonyl (C=O) groups excluding carboxylic acids is 1. The van der Waals surface area contributed by atoms with E-state index in [0.29, 0.717) is 36.0 Å². The molecule has 132 valence electrons. The van der Waals surface area contributed by atoms with E-state index >= 15 is 0 Å². The van der Waals surface area contributed by atoms with Crippen LogP contribution in [0.5, 0.6) is 11.5 Å². The van der Waals surface area contributed by atoms with Gasteiger partial charge in [-0.15, -0.1) is 0 Å². The molecule has 25 heavy (non-hydrogen) atoms. The van der Waals surface area contributed by atoms with E-state index < -0.39 is 0 Å². The minimum absolute atomic E-state index is 0.228. The highest BCUT2D eigenvalue weighted by Crippen LogP contribution is 2.25. The Hall–Kier alpha value is -2.27. The molecule has 0 saturated carbocycles. The second-order valence-electron chi connectivity index (χ2n) is 5.42. The lowest BCUT2D eigenvalue weighted by atomic mass is 10.1. The van der Waals surface area contributed by atoms with Crippen molar-refractivity contribution in [3.63, 3.8) is 0 Å². The first-order valence-electron chi connectivity index (χ1n) is 8.21. The molecule has 0 bridgehead atoms. The number of benzene rings is 2. The number of rotatable bonds is 9. The van der Waals surface area contributed by atoms with Crippen molar-refractivity contribution in [3.05, 3.63) is 65.2 Å². The van der Waals surface area contributed by atoms with Crippen molar-refractivity contribution in [1.82, 2.24) is 0 Å². The Morgan fingerprint density at radius 3 is 2.84 bits per heavy atom. The molecule has 1 amide bonds. The maximum Gasteiger partial charge on any atom is 0.259 e. The average Bonchev–Trinajstić information content (AvgIpc) is 2.61. The van der Waals surface area contributed by atoms with Gasteiger partial charge in [-0.25, -0.2) is 0 Å². The summed E-state index contributed by atoms with van der Waals surface area (Å²) in [6, 6.07) is 12.7. The van der Waals surface area contributed by atoms with E-state index in [1.807, 2.05) is 24.3 Å². The maximum atomic E-state index is 12.7. The summed E-state index contributed by atoms with van der Waals surface area (Å²) >= 11 is 3.41. The number of ether oxygens (including phenoxy) is 2. The fraction of sp³-hybridized carbons (Fsp3) is 0.250. The molecule has 0 aliphatic rings. The van der Waals surface area contributed by atoms with Crippen LogP contribution in [0.4, 0.5) is 5.69 Å². The fourth-order valence-electron chi connectivity index (χ4n) is 2.15. The van der Waals surface area contributed by atoms with Crippen molar-refractivity contribution in [1.29, 1.82) is 0 Å². The molecule has 0 aliphatic heterocycles. The van der Waals surface area contributed by atoms with Crippen LogP contribution in [-0.4, -0.2) is 19.1 Å². The summed E-state index contributed by atoms with van der Waals surface area (Å²) in [4.78, 5) is 12.7. The zero-order valence-electron chi connectivity index (χ0n) is 14.3. The Morgan fingerprint density at radius 1 is 1.24 bits per heavy atom. The number of hydrogen-bond acceptors (Lipinski definition) is 3. The summed E-state index contributed by atoms with van der Waals surface area (Å²) in [6.07, 6.45) is 3.65. The average molecular weight is 404 g/mol. The Kier molecular flexibility index (Phi) is 7.54. The molecule has 2 rings (SSSR count). The van der Waals surface area contributed by atoms with Gasteiger partial charge in [0.25, 0.3) is 5.91 Å². The second kappa shape index (κ2) is 9.89. The standard InChI is InChI=1S/C20H22BrNO3/c1-3-5-12-25-19-10-9-15(21)13-18(19)20(23)22-16-7-6-8-17(14-16)24-11-4-2/h4,6-10,13-14H,2-3,5,11-12H2,1H3,(H,22,23). The zero-order chi connectivity index (χ0) is 18.1. The lowest BCUT2D eigenvalue weighted by Gasteiger charge is -2.13. The molecular weight excluding hydrogens is 382 g/mol. The first-order chi connectivity index (χ1) is 12.1. The third-order valence-corrected chi connectivity index (χ3v) is 3.89. The van der Waals surface area contributed by atoms with Crippen LogP contribution in [0.15, 0.2) is 59.6 Å². The molecule has 4 nitrogen and oxygen atoms in total. The lowest BCUT2D eigenvalue weighted by Crippen LogP contribution is -2.14. The third kappa shape index (κ3) is 5.94. The van der Waals surface area contributed by atoms with Crippen molar-refractivity contribution in [2.75, 3.05) is 18.5 Å². The molecule has 5 heteroatoms. The van der Waals surface area contributed by atoms with Gasteiger partial charge >= 0.3 is 0 Å². The molecule has 1 N–H and O–H groups in total. The van der Waals surface area contributed by atoms with Crippen molar-refractivity contribution in [2.45, 2.75) is 19.8 Å². The van der Waals surface area contributed by atoms with Gasteiger partial charge in [0.2, 0.25) is 0 Å². The molecule has 0 aliphatic carbocycles. The van der Waals surface area contributed by atoms with Crippen molar-refractivity contribution in [2.24, 2.45) is 0 Å². The Bertz CT molecular complexity index is 731. The largest absolute Gasteiger partial charge is 0.493 e.